The van der Waals surface area contributed by atoms with Gasteiger partial charge in [0.1, 0.15) is 18.7 Å². The van der Waals surface area contributed by atoms with Crippen LogP contribution in [0.15, 0.2) is 0 Å². The molecule has 1 aliphatic heterocycles. The molecule has 0 radical (unpaired) electrons. The highest BCUT2D eigenvalue weighted by Gasteiger charge is 2.56. The van der Waals surface area contributed by atoms with E-state index in [1.165, 1.54) is 0 Å². The predicted octanol–water partition coefficient (Wildman–Crippen LogP) is -0.0242. The molecule has 1 heterocycles. The Bertz CT molecular complexity index is 531. The Morgan fingerprint density at radius 1 is 1.50 bits per heavy atom. The molecule has 0 aromatic heterocycles. The van der Waals surface area contributed by atoms with E-state index in [0.29, 0.717) is 0 Å². The molecular weight excluding hydrogens is 284 g/mol. The van der Waals surface area contributed by atoms with Crippen molar-refractivity contribution in [2.24, 2.45) is 0 Å². The number of nitrogens with zero attached hydrogens (tertiary/aromatic N) is 2. The fourth-order valence-corrected chi connectivity index (χ4v) is 3.64. The van der Waals surface area contributed by atoms with Gasteiger partial charge in [-0.25, -0.2) is 0 Å². The minimum Gasteiger partial charge on any atom is -0.498 e. The van der Waals surface area contributed by atoms with Gasteiger partial charge >= 0.3 is 0 Å². The van der Waals surface area contributed by atoms with Crippen LogP contribution in [0.5, 0.6) is 0 Å². The lowest BCUT2D eigenvalue weighted by atomic mass is 9.98. The van der Waals surface area contributed by atoms with E-state index in [0.717, 1.165) is 6.26 Å². The van der Waals surface area contributed by atoms with Gasteiger partial charge in [-0.15, -0.1) is 0 Å². The molecule has 7 nitrogen and oxygen atoms in total. The minimum absolute atomic E-state index is 0.00880. The maximum Gasteiger partial charge on any atom is 0.264 e. The zero-order chi connectivity index (χ0) is 15.8. The third-order valence-electron chi connectivity index (χ3n) is 3.81. The molecular formula is C12H20N2O5S. The third kappa shape index (κ3) is 3.11. The Kier molecular flexibility index (Phi) is 4.49. The van der Waals surface area contributed by atoms with E-state index in [2.05, 4.69) is 0 Å². The number of amides is 1. The molecule has 3 atom stereocenters. The summed E-state index contributed by atoms with van der Waals surface area (Å²) in [5.74, 6) is 0. The molecule has 0 bridgehead atoms. The van der Waals surface area contributed by atoms with Gasteiger partial charge in [-0.05, 0) is 20.8 Å². The van der Waals surface area contributed by atoms with Gasteiger partial charge in [-0.1, -0.05) is 0 Å². The number of carbonyl (C=O) groups is 1. The molecule has 1 saturated heterocycles. The molecule has 1 rings (SSSR count). The maximum absolute atomic E-state index is 11.7. The Hall–Kier alpha value is -1.17. The molecule has 1 aliphatic rings. The molecule has 0 N–H and O–H groups in total. The molecule has 1 unspecified atom stereocenters. The Balaban J connectivity index is 3.20. The molecule has 1 amide bonds. The third-order valence-corrected chi connectivity index (χ3v) is 4.43. The summed E-state index contributed by atoms with van der Waals surface area (Å²) >= 11 is 0. The summed E-state index contributed by atoms with van der Waals surface area (Å²) in [7, 11) is -3.67. The molecule has 0 aromatic carbocycles. The second kappa shape index (κ2) is 5.31. The van der Waals surface area contributed by atoms with Crippen LogP contribution in [0, 0.1) is 11.3 Å². The standard InChI is InChI=1S/C12H20N2O5S/c1-12(2,3)14(11(15)16)8-10(19-20(4,17)18)7-9(14)5-6-13/h9-10H,5,7-8H2,1-4H3/t9-,10-,14?/m0/s1. The quantitative estimate of drug-likeness (QED) is 0.535. The summed E-state index contributed by atoms with van der Waals surface area (Å²) in [6, 6.07) is 1.42. The topological polar surface area (TPSA) is 107 Å². The van der Waals surface area contributed by atoms with E-state index < -0.39 is 38.4 Å². The lowest BCUT2D eigenvalue weighted by molar-refractivity contribution is -0.930. The largest absolute Gasteiger partial charge is 0.498 e. The average Bonchev–Trinajstić information content (AvgIpc) is 2.54. The number of quaternary nitrogens is 1. The molecule has 0 spiro atoms. The van der Waals surface area contributed by atoms with Crippen molar-refractivity contribution in [1.29, 1.82) is 5.26 Å². The van der Waals surface area contributed by atoms with E-state index >= 15 is 0 Å². The molecule has 8 heteroatoms. The summed E-state index contributed by atoms with van der Waals surface area (Å²) in [5, 5.41) is 20.6. The Morgan fingerprint density at radius 3 is 2.40 bits per heavy atom. The first-order valence-corrected chi connectivity index (χ1v) is 8.10. The van der Waals surface area contributed by atoms with E-state index in [1.54, 1.807) is 20.8 Å². The summed E-state index contributed by atoms with van der Waals surface area (Å²) in [6.07, 6.45) is -0.922. The molecule has 1 fully saturated rings. The molecule has 114 valence electrons. The minimum atomic E-state index is -3.67. The van der Waals surface area contributed by atoms with Crippen LogP contribution in [0.1, 0.15) is 33.6 Å². The monoisotopic (exact) mass is 304 g/mol. The van der Waals surface area contributed by atoms with Gasteiger partial charge in [0.05, 0.1) is 24.3 Å². The van der Waals surface area contributed by atoms with Crippen LogP contribution in [0.4, 0.5) is 4.79 Å². The predicted molar refractivity (Wildman–Crippen MR) is 68.6 cm³/mol. The summed E-state index contributed by atoms with van der Waals surface area (Å²) in [6.45, 7) is 5.17. The normalized spacial score (nSPS) is 30.9. The highest BCUT2D eigenvalue weighted by molar-refractivity contribution is 7.86. The van der Waals surface area contributed by atoms with Gasteiger partial charge in [0.25, 0.3) is 16.2 Å². The SMILES string of the molecule is CC(C)(C)[N+]1(C(=O)[O-])C[C@@H](OS(C)(=O)=O)C[C@@H]1CC#N. The van der Waals surface area contributed by atoms with Crippen molar-refractivity contribution < 1.29 is 27.0 Å². The molecule has 20 heavy (non-hydrogen) atoms. The smallest absolute Gasteiger partial charge is 0.264 e. The van der Waals surface area contributed by atoms with Gasteiger partial charge in [-0.2, -0.15) is 13.7 Å². The summed E-state index contributed by atoms with van der Waals surface area (Å²) < 4.78 is 26.9. The average molecular weight is 304 g/mol. The van der Waals surface area contributed by atoms with Crippen LogP contribution in [0.3, 0.4) is 0 Å². The van der Waals surface area contributed by atoms with Gasteiger partial charge in [0, 0.05) is 6.42 Å². The second-order valence-electron chi connectivity index (χ2n) is 6.16. The van der Waals surface area contributed by atoms with Crippen LogP contribution in [-0.2, 0) is 14.3 Å². The highest BCUT2D eigenvalue weighted by atomic mass is 32.2. The fraction of sp³-hybridized carbons (Fsp3) is 0.833. The Morgan fingerprint density at radius 2 is 2.05 bits per heavy atom. The van der Waals surface area contributed by atoms with Crippen molar-refractivity contribution in [3.63, 3.8) is 0 Å². The van der Waals surface area contributed by atoms with Crippen molar-refractivity contribution in [3.05, 3.63) is 0 Å². The fourth-order valence-electron chi connectivity index (χ4n) is 3.01. The number of hydrogen-bond donors (Lipinski definition) is 0. The van der Waals surface area contributed by atoms with Crippen LogP contribution >= 0.6 is 0 Å². The van der Waals surface area contributed by atoms with Gasteiger partial charge in [0.2, 0.25) is 0 Å². The van der Waals surface area contributed by atoms with Crippen molar-refractivity contribution >= 4 is 16.2 Å². The van der Waals surface area contributed by atoms with Gasteiger partial charge in [0.15, 0.2) is 0 Å². The number of carbonyl (C=O) groups excluding carboxylic acids is 1. The van der Waals surface area contributed by atoms with E-state index in [9.17, 15) is 18.3 Å². The summed E-state index contributed by atoms with van der Waals surface area (Å²) in [4.78, 5) is 11.7. The van der Waals surface area contributed by atoms with Crippen molar-refractivity contribution in [1.82, 2.24) is 0 Å². The van der Waals surface area contributed by atoms with E-state index in [4.69, 9.17) is 9.44 Å². The van der Waals surface area contributed by atoms with E-state index in [1.807, 2.05) is 6.07 Å². The lowest BCUT2D eigenvalue weighted by Gasteiger charge is -2.48. The van der Waals surface area contributed by atoms with Crippen molar-refractivity contribution in [2.45, 2.75) is 51.3 Å². The van der Waals surface area contributed by atoms with Crippen LogP contribution in [-0.4, -0.2) is 49.5 Å². The molecule has 0 saturated carbocycles. The zero-order valence-electron chi connectivity index (χ0n) is 12.1. The number of rotatable bonds is 3. The Labute approximate surface area is 119 Å². The van der Waals surface area contributed by atoms with Crippen LogP contribution in [0.25, 0.3) is 0 Å². The first kappa shape index (κ1) is 16.9. The van der Waals surface area contributed by atoms with Crippen molar-refractivity contribution in [2.75, 3.05) is 12.8 Å². The van der Waals surface area contributed by atoms with Gasteiger partial charge in [-0.3, -0.25) is 8.67 Å². The van der Waals surface area contributed by atoms with E-state index in [-0.39, 0.29) is 19.4 Å². The number of likely N-dealkylation sites (tertiary alicyclic amines) is 1. The van der Waals surface area contributed by atoms with Crippen molar-refractivity contribution in [3.8, 4) is 6.07 Å². The maximum atomic E-state index is 11.7. The van der Waals surface area contributed by atoms with Crippen LogP contribution < -0.4 is 5.11 Å². The first-order chi connectivity index (χ1) is 8.94. The molecule has 0 aromatic rings. The molecule has 0 aliphatic carbocycles. The summed E-state index contributed by atoms with van der Waals surface area (Å²) in [5.41, 5.74) is -0.726. The second-order valence-corrected chi connectivity index (χ2v) is 7.76. The number of carboxylic acid groups (broad SMARTS) is 1. The zero-order valence-corrected chi connectivity index (χ0v) is 12.9. The lowest BCUT2D eigenvalue weighted by Crippen LogP contribution is -2.70. The van der Waals surface area contributed by atoms with Gasteiger partial charge < -0.3 is 9.90 Å². The van der Waals surface area contributed by atoms with Crippen LogP contribution in [0.2, 0.25) is 0 Å². The number of hydrogen-bond acceptors (Lipinski definition) is 6. The number of nitriles is 1. The highest BCUT2D eigenvalue weighted by Crippen LogP contribution is 2.39. The first-order valence-electron chi connectivity index (χ1n) is 6.28.